The Labute approximate surface area is 590 Å². The van der Waals surface area contributed by atoms with E-state index in [4.69, 9.17) is 18.5 Å². The maximum absolute atomic E-state index is 12.9. The van der Waals surface area contributed by atoms with Crippen LogP contribution in [0.5, 0.6) is 0 Å². The molecule has 2 unspecified atom stereocenters. The molecule has 0 aliphatic heterocycles. The van der Waals surface area contributed by atoms with Gasteiger partial charge in [-0.2, -0.15) is 0 Å². The molecule has 554 valence electrons. The number of rotatable bonds is 76. The topological polar surface area (TPSA) is 108 Å². The van der Waals surface area contributed by atoms with Crippen molar-refractivity contribution in [3.05, 3.63) is 85.1 Å². The van der Waals surface area contributed by atoms with E-state index in [0.717, 1.165) is 77.0 Å². The lowest BCUT2D eigenvalue weighted by molar-refractivity contribution is -0.870. The molecule has 0 saturated carbocycles. The third kappa shape index (κ3) is 80.1. The third-order valence-corrected chi connectivity index (χ3v) is 19.2. The first-order valence-corrected chi connectivity index (χ1v) is 42.3. The minimum atomic E-state index is -4.40. The fourth-order valence-electron chi connectivity index (χ4n) is 12.0. The Morgan fingerprint density at radius 1 is 0.337 bits per heavy atom. The quantitative estimate of drug-likeness (QED) is 0.0211. The predicted molar refractivity (Wildman–Crippen MR) is 413 cm³/mol. The fourth-order valence-corrected chi connectivity index (χ4v) is 12.7. The van der Waals surface area contributed by atoms with Gasteiger partial charge < -0.3 is 18.9 Å². The van der Waals surface area contributed by atoms with Crippen LogP contribution in [-0.2, 0) is 32.7 Å². The Bertz CT molecular complexity index is 1880. The molecule has 9 nitrogen and oxygen atoms in total. The maximum atomic E-state index is 12.9. The van der Waals surface area contributed by atoms with Gasteiger partial charge in [0.2, 0.25) is 0 Å². The summed E-state index contributed by atoms with van der Waals surface area (Å²) in [6.45, 7) is 4.38. The summed E-state index contributed by atoms with van der Waals surface area (Å²) in [6, 6.07) is 0. The smallest absolute Gasteiger partial charge is 0.462 e. The van der Waals surface area contributed by atoms with Crippen LogP contribution in [0, 0.1) is 0 Å². The first-order chi connectivity index (χ1) is 46.5. The first kappa shape index (κ1) is 92.2. The van der Waals surface area contributed by atoms with Crippen LogP contribution < -0.4 is 0 Å². The van der Waals surface area contributed by atoms with Gasteiger partial charge in [0.1, 0.15) is 19.8 Å². The molecule has 0 heterocycles. The molecular formula is C85H157NO8P+. The molecule has 0 fully saturated rings. The third-order valence-electron chi connectivity index (χ3n) is 18.2. The molecule has 0 radical (unpaired) electrons. The molecule has 0 aromatic heterocycles. The van der Waals surface area contributed by atoms with Gasteiger partial charge in [-0.3, -0.25) is 18.6 Å². The SMILES string of the molecule is CC/C=C\C/C=C\C/C=C\C/C=C\C/C=C\C/C=C\C/C=C\CCCCCCCCCCCCCCCCCC(=O)OC(COC(=O)CCCCCCCCCCCCCCCCCCCCCCCCCCCCCCCCCCCC)COP(=O)(O)OCC[N+](C)(C)C. The van der Waals surface area contributed by atoms with E-state index in [1.54, 1.807) is 0 Å². The Morgan fingerprint density at radius 2 is 0.600 bits per heavy atom. The van der Waals surface area contributed by atoms with Gasteiger partial charge in [-0.25, -0.2) is 4.57 Å². The number of unbranched alkanes of at least 4 members (excludes halogenated alkanes) is 48. The van der Waals surface area contributed by atoms with Crippen molar-refractivity contribution in [1.29, 1.82) is 0 Å². The lowest BCUT2D eigenvalue weighted by atomic mass is 10.0. The van der Waals surface area contributed by atoms with E-state index in [1.807, 2.05) is 21.1 Å². The van der Waals surface area contributed by atoms with Crippen molar-refractivity contribution in [2.75, 3.05) is 47.5 Å². The number of esters is 2. The second-order valence-electron chi connectivity index (χ2n) is 28.8. The number of quaternary nitrogens is 1. The summed E-state index contributed by atoms with van der Waals surface area (Å²) >= 11 is 0. The van der Waals surface area contributed by atoms with Crippen molar-refractivity contribution in [3.63, 3.8) is 0 Å². The number of carbonyl (C=O) groups is 2. The summed E-state index contributed by atoms with van der Waals surface area (Å²) < 4.78 is 34.8. The van der Waals surface area contributed by atoms with E-state index in [-0.39, 0.29) is 25.6 Å². The van der Waals surface area contributed by atoms with Gasteiger partial charge in [0.25, 0.3) is 0 Å². The van der Waals surface area contributed by atoms with Gasteiger partial charge in [0, 0.05) is 12.8 Å². The molecule has 0 rings (SSSR count). The van der Waals surface area contributed by atoms with Crippen LogP contribution in [0.1, 0.15) is 393 Å². The van der Waals surface area contributed by atoms with E-state index in [2.05, 4.69) is 98.9 Å². The summed E-state index contributed by atoms with van der Waals surface area (Å²) in [5.74, 6) is -0.779. The summed E-state index contributed by atoms with van der Waals surface area (Å²) in [7, 11) is 1.49. The normalized spacial score (nSPS) is 13.5. The van der Waals surface area contributed by atoms with Crippen molar-refractivity contribution in [1.82, 2.24) is 0 Å². The van der Waals surface area contributed by atoms with E-state index in [9.17, 15) is 19.0 Å². The molecule has 0 amide bonds. The lowest BCUT2D eigenvalue weighted by Gasteiger charge is -2.24. The monoisotopic (exact) mass is 1350 g/mol. The summed E-state index contributed by atoms with van der Waals surface area (Å²) in [4.78, 5) is 36.0. The van der Waals surface area contributed by atoms with E-state index in [1.165, 1.54) is 283 Å². The van der Waals surface area contributed by atoms with Gasteiger partial charge in [0.15, 0.2) is 6.10 Å². The molecule has 0 aliphatic carbocycles. The number of carbonyl (C=O) groups excluding carboxylic acids is 2. The summed E-state index contributed by atoms with van der Waals surface area (Å²) in [6.07, 6.45) is 105. The van der Waals surface area contributed by atoms with Gasteiger partial charge in [-0.1, -0.05) is 394 Å². The zero-order valence-corrected chi connectivity index (χ0v) is 64.3. The molecule has 0 bridgehead atoms. The maximum Gasteiger partial charge on any atom is 0.472 e. The summed E-state index contributed by atoms with van der Waals surface area (Å²) in [5.41, 5.74) is 0. The van der Waals surface area contributed by atoms with Crippen molar-refractivity contribution < 1.29 is 42.1 Å². The zero-order chi connectivity index (χ0) is 69.0. The number of hydrogen-bond acceptors (Lipinski definition) is 7. The van der Waals surface area contributed by atoms with Crippen molar-refractivity contribution >= 4 is 19.8 Å². The molecule has 0 aromatic carbocycles. The Morgan fingerprint density at radius 3 is 0.895 bits per heavy atom. The minimum Gasteiger partial charge on any atom is -0.462 e. The number of phosphoric acid groups is 1. The van der Waals surface area contributed by atoms with Crippen LogP contribution in [0.2, 0.25) is 0 Å². The molecule has 0 spiro atoms. The second kappa shape index (κ2) is 75.4. The highest BCUT2D eigenvalue weighted by Gasteiger charge is 2.27. The first-order valence-electron chi connectivity index (χ1n) is 40.8. The van der Waals surface area contributed by atoms with Crippen molar-refractivity contribution in [2.24, 2.45) is 0 Å². The average Bonchev–Trinajstić information content (AvgIpc) is 1.80. The van der Waals surface area contributed by atoms with Gasteiger partial charge in [-0.05, 0) is 70.6 Å². The molecule has 0 aromatic rings. The largest absolute Gasteiger partial charge is 0.472 e. The minimum absolute atomic E-state index is 0.0319. The highest BCUT2D eigenvalue weighted by Crippen LogP contribution is 2.43. The number of hydrogen-bond donors (Lipinski definition) is 1. The fraction of sp³-hybridized carbons (Fsp3) is 0.812. The van der Waals surface area contributed by atoms with E-state index >= 15 is 0 Å². The molecule has 2 atom stereocenters. The van der Waals surface area contributed by atoms with Crippen LogP contribution >= 0.6 is 7.82 Å². The van der Waals surface area contributed by atoms with Crippen molar-refractivity contribution in [2.45, 2.75) is 399 Å². The number of allylic oxidation sites excluding steroid dienone is 14. The standard InChI is InChI=1S/C85H156NO8P/c1-6-8-10-12-14-16-18-20-22-24-26-28-30-32-34-36-38-40-42-43-44-46-48-50-52-54-56-58-60-62-64-66-68-70-72-74-76-78-85(88)94-83(82-93-95(89,90)92-80-79-86(3,4)5)81-91-84(87)77-75-73-71-69-67-65-63-61-59-57-55-53-51-49-47-45-41-39-37-35-33-31-29-27-25-23-21-19-17-15-13-11-9-7-2/h8,10,14,16,20,22,26,28,32,34,38,40,43-44,83H,6-7,9,11-13,15,17-19,21,23-25,27,29-31,33,35-37,39,41-42,45-82H2,1-5H3/p+1/b10-8-,16-14-,22-20-,28-26-,34-32-,40-38-,44-43-. The van der Waals surface area contributed by atoms with Crippen molar-refractivity contribution in [3.8, 4) is 0 Å². The molecule has 1 N–H and O–H groups in total. The Balaban J connectivity index is 3.94. The lowest BCUT2D eigenvalue weighted by Crippen LogP contribution is -2.37. The number of nitrogens with zero attached hydrogens (tertiary/aromatic N) is 1. The summed E-state index contributed by atoms with van der Waals surface area (Å²) in [5, 5.41) is 0. The van der Waals surface area contributed by atoms with E-state index < -0.39 is 26.5 Å². The molecule has 0 aliphatic rings. The molecular weight excluding hydrogens is 1190 g/mol. The zero-order valence-electron chi connectivity index (χ0n) is 63.4. The number of phosphoric ester groups is 1. The van der Waals surface area contributed by atoms with Crippen LogP contribution in [-0.4, -0.2) is 74.9 Å². The van der Waals surface area contributed by atoms with Gasteiger partial charge in [0.05, 0.1) is 27.7 Å². The van der Waals surface area contributed by atoms with Crippen LogP contribution in [0.15, 0.2) is 85.1 Å². The molecule has 10 heteroatoms. The molecule has 95 heavy (non-hydrogen) atoms. The molecule has 0 saturated heterocycles. The number of likely N-dealkylation sites (N-methyl/N-ethyl adjacent to an activating group) is 1. The highest BCUT2D eigenvalue weighted by molar-refractivity contribution is 7.47. The van der Waals surface area contributed by atoms with Crippen LogP contribution in [0.25, 0.3) is 0 Å². The van der Waals surface area contributed by atoms with Crippen LogP contribution in [0.4, 0.5) is 0 Å². The second-order valence-corrected chi connectivity index (χ2v) is 30.2. The highest BCUT2D eigenvalue weighted by atomic mass is 31.2. The van der Waals surface area contributed by atoms with Gasteiger partial charge >= 0.3 is 19.8 Å². The predicted octanol–water partition coefficient (Wildman–Crippen LogP) is 27.2. The van der Waals surface area contributed by atoms with E-state index in [0.29, 0.717) is 23.9 Å². The Hall–Kier alpha value is -2.81. The Kier molecular flexibility index (Phi) is 73.2. The average molecular weight is 1350 g/mol. The van der Waals surface area contributed by atoms with Gasteiger partial charge in [-0.15, -0.1) is 0 Å². The van der Waals surface area contributed by atoms with Crippen LogP contribution in [0.3, 0.4) is 0 Å². The number of ether oxygens (including phenoxy) is 2.